The summed E-state index contributed by atoms with van der Waals surface area (Å²) < 4.78 is 0. The first-order chi connectivity index (χ1) is 13.5. The van der Waals surface area contributed by atoms with E-state index in [1.54, 1.807) is 6.07 Å². The lowest BCUT2D eigenvalue weighted by Crippen LogP contribution is -2.62. The molecule has 146 valence electrons. The number of rotatable bonds is 7. The summed E-state index contributed by atoms with van der Waals surface area (Å²) in [4.78, 5) is 12.9. The molecular weight excluding hydrogens is 370 g/mol. The molecule has 0 aromatic heterocycles. The van der Waals surface area contributed by atoms with Crippen molar-refractivity contribution in [2.45, 2.75) is 38.6 Å². The topological polar surface area (TPSA) is 64.9 Å². The number of carbonyl (C=O) groups is 1. The van der Waals surface area contributed by atoms with E-state index in [2.05, 4.69) is 23.6 Å². The van der Waals surface area contributed by atoms with Crippen molar-refractivity contribution in [3.63, 3.8) is 0 Å². The average Bonchev–Trinajstić information content (AvgIpc) is 2.67. The molecule has 28 heavy (non-hydrogen) atoms. The molecule has 4 nitrogen and oxygen atoms in total. The number of carbonyl (C=O) groups excluding carboxylic acids is 1. The van der Waals surface area contributed by atoms with Crippen molar-refractivity contribution in [2.24, 2.45) is 5.41 Å². The Bertz CT molecular complexity index is 863. The van der Waals surface area contributed by atoms with Crippen LogP contribution in [0, 0.1) is 16.7 Å². The SMILES string of the molecule is CCC1(C(=O)NC(C)C(Cc2ccc(Cl)cc2)c2cccc(C#N)c2)CNC1. The largest absolute Gasteiger partial charge is 0.352 e. The van der Waals surface area contributed by atoms with E-state index in [4.69, 9.17) is 11.6 Å². The van der Waals surface area contributed by atoms with Crippen molar-refractivity contribution in [3.05, 3.63) is 70.2 Å². The van der Waals surface area contributed by atoms with Gasteiger partial charge in [0.25, 0.3) is 0 Å². The maximum absolute atomic E-state index is 12.9. The van der Waals surface area contributed by atoms with Crippen LogP contribution in [0.4, 0.5) is 0 Å². The van der Waals surface area contributed by atoms with Crippen molar-refractivity contribution in [3.8, 4) is 6.07 Å². The Balaban J connectivity index is 1.85. The van der Waals surface area contributed by atoms with Gasteiger partial charge in [-0.05, 0) is 55.2 Å². The van der Waals surface area contributed by atoms with Crippen molar-refractivity contribution in [1.29, 1.82) is 5.26 Å². The van der Waals surface area contributed by atoms with Crippen LogP contribution in [0.25, 0.3) is 0 Å². The lowest BCUT2D eigenvalue weighted by molar-refractivity contribution is -0.135. The van der Waals surface area contributed by atoms with Crippen molar-refractivity contribution < 1.29 is 4.79 Å². The standard InChI is InChI=1S/C23H26ClN3O/c1-3-23(14-26-15-23)22(28)27-16(2)21(12-17-7-9-20(24)10-8-17)19-6-4-5-18(11-19)13-25/h4-11,16,21,26H,3,12,14-15H2,1-2H3,(H,27,28). The molecule has 5 heteroatoms. The van der Waals surface area contributed by atoms with Gasteiger partial charge in [-0.1, -0.05) is 42.8 Å². The lowest BCUT2D eigenvalue weighted by atomic mass is 9.77. The number of hydrogen-bond donors (Lipinski definition) is 2. The lowest BCUT2D eigenvalue weighted by Gasteiger charge is -2.41. The minimum absolute atomic E-state index is 0.0559. The van der Waals surface area contributed by atoms with E-state index in [-0.39, 0.29) is 23.3 Å². The van der Waals surface area contributed by atoms with E-state index in [1.165, 1.54) is 0 Å². The van der Waals surface area contributed by atoms with Gasteiger partial charge in [0, 0.05) is 30.1 Å². The molecule has 2 unspecified atom stereocenters. The predicted molar refractivity (Wildman–Crippen MR) is 112 cm³/mol. The third-order valence-electron chi connectivity index (χ3n) is 5.86. The molecule has 2 N–H and O–H groups in total. The Morgan fingerprint density at radius 2 is 2.00 bits per heavy atom. The Kier molecular flexibility index (Phi) is 6.39. The van der Waals surface area contributed by atoms with Crippen LogP contribution in [0.5, 0.6) is 0 Å². The second kappa shape index (κ2) is 8.77. The molecule has 2 atom stereocenters. The maximum atomic E-state index is 12.9. The summed E-state index contributed by atoms with van der Waals surface area (Å²) in [5, 5.41) is 16.5. The zero-order chi connectivity index (χ0) is 20.1. The van der Waals surface area contributed by atoms with Gasteiger partial charge in [0.05, 0.1) is 17.0 Å². The normalized spacial score (nSPS) is 17.1. The van der Waals surface area contributed by atoms with Crippen LogP contribution >= 0.6 is 11.6 Å². The zero-order valence-electron chi connectivity index (χ0n) is 16.3. The van der Waals surface area contributed by atoms with Gasteiger partial charge in [0.2, 0.25) is 5.91 Å². The summed E-state index contributed by atoms with van der Waals surface area (Å²) in [5.41, 5.74) is 2.53. The zero-order valence-corrected chi connectivity index (χ0v) is 17.1. The second-order valence-electron chi connectivity index (χ2n) is 7.67. The fourth-order valence-electron chi connectivity index (χ4n) is 3.75. The van der Waals surface area contributed by atoms with Gasteiger partial charge in [0.1, 0.15) is 0 Å². The van der Waals surface area contributed by atoms with Crippen LogP contribution in [-0.4, -0.2) is 25.0 Å². The number of nitriles is 1. The number of benzene rings is 2. The molecule has 0 aliphatic carbocycles. The molecule has 2 aromatic rings. The smallest absolute Gasteiger partial charge is 0.229 e. The minimum Gasteiger partial charge on any atom is -0.352 e. The minimum atomic E-state index is -0.298. The number of nitrogens with one attached hydrogen (secondary N) is 2. The van der Waals surface area contributed by atoms with Gasteiger partial charge in [-0.15, -0.1) is 0 Å². The van der Waals surface area contributed by atoms with Gasteiger partial charge in [0.15, 0.2) is 0 Å². The fourth-order valence-corrected chi connectivity index (χ4v) is 3.88. The molecule has 0 bridgehead atoms. The third-order valence-corrected chi connectivity index (χ3v) is 6.11. The van der Waals surface area contributed by atoms with E-state index in [0.717, 1.165) is 37.1 Å². The van der Waals surface area contributed by atoms with E-state index in [9.17, 15) is 10.1 Å². The number of nitrogens with zero attached hydrogens (tertiary/aromatic N) is 1. The molecule has 0 saturated carbocycles. The van der Waals surface area contributed by atoms with Crippen molar-refractivity contribution in [2.75, 3.05) is 13.1 Å². The summed E-state index contributed by atoms with van der Waals surface area (Å²) in [6.45, 7) is 5.57. The summed E-state index contributed by atoms with van der Waals surface area (Å²) in [7, 11) is 0. The highest BCUT2D eigenvalue weighted by atomic mass is 35.5. The molecule has 1 aliphatic rings. The first-order valence-corrected chi connectivity index (χ1v) is 10.1. The Labute approximate surface area is 171 Å². The Morgan fingerprint density at radius 3 is 2.57 bits per heavy atom. The molecular formula is C23H26ClN3O. The number of amides is 1. The Morgan fingerprint density at radius 1 is 1.29 bits per heavy atom. The molecule has 1 aliphatic heterocycles. The van der Waals surface area contributed by atoms with E-state index < -0.39 is 0 Å². The highest BCUT2D eigenvalue weighted by Gasteiger charge is 2.43. The molecule has 1 fully saturated rings. The van der Waals surface area contributed by atoms with E-state index in [0.29, 0.717) is 10.6 Å². The molecule has 3 rings (SSSR count). The number of hydrogen-bond acceptors (Lipinski definition) is 3. The third kappa shape index (κ3) is 4.38. The van der Waals surface area contributed by atoms with Crippen LogP contribution in [-0.2, 0) is 11.2 Å². The van der Waals surface area contributed by atoms with Crippen LogP contribution in [0.15, 0.2) is 48.5 Å². The van der Waals surface area contributed by atoms with Crippen LogP contribution in [0.3, 0.4) is 0 Å². The van der Waals surface area contributed by atoms with Crippen LogP contribution in [0.1, 0.15) is 42.9 Å². The highest BCUT2D eigenvalue weighted by molar-refractivity contribution is 6.30. The van der Waals surface area contributed by atoms with Crippen LogP contribution in [0.2, 0.25) is 5.02 Å². The maximum Gasteiger partial charge on any atom is 0.229 e. The van der Waals surface area contributed by atoms with Gasteiger partial charge in [-0.25, -0.2) is 0 Å². The highest BCUT2D eigenvalue weighted by Crippen LogP contribution is 2.30. The van der Waals surface area contributed by atoms with Gasteiger partial charge < -0.3 is 10.6 Å². The van der Waals surface area contributed by atoms with Crippen molar-refractivity contribution >= 4 is 17.5 Å². The summed E-state index contributed by atoms with van der Waals surface area (Å²) in [6.07, 6.45) is 1.58. The average molecular weight is 396 g/mol. The molecule has 1 amide bonds. The summed E-state index contributed by atoms with van der Waals surface area (Å²) in [6, 6.07) is 17.6. The summed E-state index contributed by atoms with van der Waals surface area (Å²) in [5.74, 6) is 0.166. The molecule has 1 heterocycles. The quantitative estimate of drug-likeness (QED) is 0.743. The van der Waals surface area contributed by atoms with Gasteiger partial charge in [-0.2, -0.15) is 5.26 Å². The fraction of sp³-hybridized carbons (Fsp3) is 0.391. The van der Waals surface area contributed by atoms with E-state index >= 15 is 0 Å². The second-order valence-corrected chi connectivity index (χ2v) is 8.11. The summed E-state index contributed by atoms with van der Waals surface area (Å²) >= 11 is 6.03. The monoisotopic (exact) mass is 395 g/mol. The first kappa shape index (κ1) is 20.4. The number of halogens is 1. The van der Waals surface area contributed by atoms with E-state index in [1.807, 2.05) is 49.4 Å². The molecule has 0 spiro atoms. The predicted octanol–water partition coefficient (Wildman–Crippen LogP) is 4.04. The van der Waals surface area contributed by atoms with Gasteiger partial charge >= 0.3 is 0 Å². The first-order valence-electron chi connectivity index (χ1n) is 9.73. The molecule has 2 aromatic carbocycles. The van der Waals surface area contributed by atoms with Crippen molar-refractivity contribution in [1.82, 2.24) is 10.6 Å². The van der Waals surface area contributed by atoms with Gasteiger partial charge in [-0.3, -0.25) is 4.79 Å². The van der Waals surface area contributed by atoms with Crippen LogP contribution < -0.4 is 10.6 Å². The molecule has 1 saturated heterocycles. The Hall–Kier alpha value is -2.35. The molecule has 0 radical (unpaired) electrons.